The van der Waals surface area contributed by atoms with Gasteiger partial charge in [-0.1, -0.05) is 24.3 Å². The van der Waals surface area contributed by atoms with Gasteiger partial charge < -0.3 is 5.73 Å². The van der Waals surface area contributed by atoms with Crippen LogP contribution >= 0.6 is 0 Å². The molecule has 0 saturated carbocycles. The molecule has 1 atom stereocenters. The predicted molar refractivity (Wildman–Crippen MR) is 67.9 cm³/mol. The van der Waals surface area contributed by atoms with E-state index in [2.05, 4.69) is 29.1 Å². The van der Waals surface area contributed by atoms with Gasteiger partial charge in [-0.05, 0) is 31.9 Å². The van der Waals surface area contributed by atoms with Crippen LogP contribution in [0.15, 0.2) is 24.3 Å². The molecule has 1 unspecified atom stereocenters. The fourth-order valence-electron chi connectivity index (χ4n) is 2.15. The Kier molecular flexibility index (Phi) is 3.24. The highest BCUT2D eigenvalue weighted by Gasteiger charge is 2.17. The molecule has 0 bridgehead atoms. The Labute approximate surface area is 101 Å². The van der Waals surface area contributed by atoms with Gasteiger partial charge in [0.15, 0.2) is 0 Å². The fraction of sp³-hybridized carbons (Fsp3) is 0.385. The minimum atomic E-state index is 0.0670. The Morgan fingerprint density at radius 1 is 1.24 bits per heavy atom. The lowest BCUT2D eigenvalue weighted by Crippen LogP contribution is -2.23. The lowest BCUT2D eigenvalue weighted by Gasteiger charge is -2.18. The van der Waals surface area contributed by atoms with Crippen molar-refractivity contribution >= 4 is 0 Å². The number of nitrogens with two attached hydrogens (primary N) is 1. The fourth-order valence-corrected chi connectivity index (χ4v) is 2.15. The van der Waals surface area contributed by atoms with E-state index in [1.54, 1.807) is 0 Å². The molecule has 2 N–H and O–H groups in total. The summed E-state index contributed by atoms with van der Waals surface area (Å²) in [5.41, 5.74) is 8.34. The van der Waals surface area contributed by atoms with E-state index in [-0.39, 0.29) is 6.04 Å². The van der Waals surface area contributed by atoms with Gasteiger partial charge in [-0.3, -0.25) is 0 Å². The maximum Gasteiger partial charge on any atom is 0.147 e. The van der Waals surface area contributed by atoms with Gasteiger partial charge in [-0.2, -0.15) is 5.10 Å². The average Bonchev–Trinajstić information content (AvgIpc) is 2.62. The van der Waals surface area contributed by atoms with Gasteiger partial charge in [-0.25, -0.2) is 9.67 Å². The zero-order valence-electron chi connectivity index (χ0n) is 10.5. The largest absolute Gasteiger partial charge is 0.328 e. The molecule has 0 fully saturated rings. The lowest BCUT2D eigenvalue weighted by molar-refractivity contribution is 0.512. The van der Waals surface area contributed by atoms with Crippen LogP contribution in [0.3, 0.4) is 0 Å². The Bertz CT molecular complexity index is 516. The van der Waals surface area contributed by atoms with Crippen LogP contribution in [-0.4, -0.2) is 21.3 Å². The van der Waals surface area contributed by atoms with Crippen LogP contribution in [0.5, 0.6) is 0 Å². The third-order valence-electron chi connectivity index (χ3n) is 2.97. The molecule has 0 radical (unpaired) electrons. The van der Waals surface area contributed by atoms with Crippen LogP contribution in [-0.2, 0) is 0 Å². The molecule has 1 aromatic heterocycles. The summed E-state index contributed by atoms with van der Waals surface area (Å²) < 4.78 is 1.91. The number of aryl methyl sites for hydroxylation is 3. The third-order valence-corrected chi connectivity index (χ3v) is 2.97. The Morgan fingerprint density at radius 2 is 1.94 bits per heavy atom. The van der Waals surface area contributed by atoms with Crippen molar-refractivity contribution in [3.63, 3.8) is 0 Å². The van der Waals surface area contributed by atoms with Gasteiger partial charge in [0.2, 0.25) is 0 Å². The van der Waals surface area contributed by atoms with E-state index in [0.29, 0.717) is 6.54 Å². The van der Waals surface area contributed by atoms with Crippen molar-refractivity contribution < 1.29 is 0 Å². The van der Waals surface area contributed by atoms with Crippen molar-refractivity contribution in [2.24, 2.45) is 5.73 Å². The molecule has 1 aromatic carbocycles. The van der Waals surface area contributed by atoms with Gasteiger partial charge in [0.1, 0.15) is 11.6 Å². The van der Waals surface area contributed by atoms with E-state index in [9.17, 15) is 0 Å². The van der Waals surface area contributed by atoms with E-state index >= 15 is 0 Å². The van der Waals surface area contributed by atoms with Crippen LogP contribution in [0.2, 0.25) is 0 Å². The molecular formula is C13H18N4. The first-order valence-electron chi connectivity index (χ1n) is 5.79. The molecule has 17 heavy (non-hydrogen) atoms. The van der Waals surface area contributed by atoms with Crippen LogP contribution in [0.1, 0.15) is 28.8 Å². The van der Waals surface area contributed by atoms with Crippen LogP contribution < -0.4 is 5.73 Å². The van der Waals surface area contributed by atoms with Crippen LogP contribution in [0.4, 0.5) is 0 Å². The molecular weight excluding hydrogens is 212 g/mol. The van der Waals surface area contributed by atoms with Crippen LogP contribution in [0.25, 0.3) is 0 Å². The molecule has 90 valence electrons. The maximum atomic E-state index is 5.90. The standard InChI is InChI=1S/C13H18N4/c1-9-6-4-5-7-12(9)13(8-14)17-11(3)15-10(2)16-17/h4-7,13H,8,14H2,1-3H3. The monoisotopic (exact) mass is 230 g/mol. The van der Waals surface area contributed by atoms with Crippen molar-refractivity contribution in [2.45, 2.75) is 26.8 Å². The molecule has 1 heterocycles. The number of rotatable bonds is 3. The summed E-state index contributed by atoms with van der Waals surface area (Å²) in [5.74, 6) is 1.69. The first-order valence-corrected chi connectivity index (χ1v) is 5.79. The number of hydrogen-bond acceptors (Lipinski definition) is 3. The first-order chi connectivity index (χ1) is 8.13. The summed E-state index contributed by atoms with van der Waals surface area (Å²) >= 11 is 0. The highest BCUT2D eigenvalue weighted by Crippen LogP contribution is 2.21. The third kappa shape index (κ3) is 2.22. The lowest BCUT2D eigenvalue weighted by atomic mass is 10.0. The Balaban J connectivity index is 2.47. The molecule has 0 aliphatic carbocycles. The highest BCUT2D eigenvalue weighted by atomic mass is 15.4. The van der Waals surface area contributed by atoms with E-state index < -0.39 is 0 Å². The van der Waals surface area contributed by atoms with Crippen molar-refractivity contribution in [3.8, 4) is 0 Å². The van der Waals surface area contributed by atoms with Crippen LogP contribution in [0, 0.1) is 20.8 Å². The zero-order chi connectivity index (χ0) is 12.4. The van der Waals surface area contributed by atoms with Gasteiger partial charge in [-0.15, -0.1) is 0 Å². The van der Waals surface area contributed by atoms with Gasteiger partial charge in [0.05, 0.1) is 6.04 Å². The zero-order valence-corrected chi connectivity index (χ0v) is 10.5. The average molecular weight is 230 g/mol. The summed E-state index contributed by atoms with van der Waals surface area (Å²) in [5, 5.41) is 4.42. The van der Waals surface area contributed by atoms with E-state index in [1.807, 2.05) is 30.7 Å². The second-order valence-electron chi connectivity index (χ2n) is 4.26. The second-order valence-corrected chi connectivity index (χ2v) is 4.26. The SMILES string of the molecule is Cc1nc(C)n(C(CN)c2ccccc2C)n1. The molecule has 0 spiro atoms. The summed E-state index contributed by atoms with van der Waals surface area (Å²) in [6.45, 7) is 6.47. The summed E-state index contributed by atoms with van der Waals surface area (Å²) in [6.07, 6.45) is 0. The van der Waals surface area contributed by atoms with E-state index in [4.69, 9.17) is 5.73 Å². The molecule has 4 nitrogen and oxygen atoms in total. The Hall–Kier alpha value is -1.68. The normalized spacial score (nSPS) is 12.7. The predicted octanol–water partition coefficient (Wildman–Crippen LogP) is 1.75. The van der Waals surface area contributed by atoms with Crippen molar-refractivity contribution in [2.75, 3.05) is 6.54 Å². The number of benzene rings is 1. The van der Waals surface area contributed by atoms with Gasteiger partial charge in [0.25, 0.3) is 0 Å². The molecule has 0 amide bonds. The molecule has 2 rings (SSSR count). The van der Waals surface area contributed by atoms with Crippen molar-refractivity contribution in [3.05, 3.63) is 47.0 Å². The quantitative estimate of drug-likeness (QED) is 0.874. The first kappa shape index (κ1) is 11.8. The van der Waals surface area contributed by atoms with Crippen molar-refractivity contribution in [1.29, 1.82) is 0 Å². The van der Waals surface area contributed by atoms with Gasteiger partial charge in [0, 0.05) is 6.54 Å². The summed E-state index contributed by atoms with van der Waals surface area (Å²) in [4.78, 5) is 4.33. The van der Waals surface area contributed by atoms with E-state index in [0.717, 1.165) is 11.6 Å². The molecule has 2 aromatic rings. The maximum absolute atomic E-state index is 5.90. The summed E-state index contributed by atoms with van der Waals surface area (Å²) in [6, 6.07) is 8.33. The second kappa shape index (κ2) is 4.67. The molecule has 4 heteroatoms. The Morgan fingerprint density at radius 3 is 2.47 bits per heavy atom. The number of hydrogen-bond donors (Lipinski definition) is 1. The topological polar surface area (TPSA) is 56.7 Å². The van der Waals surface area contributed by atoms with E-state index in [1.165, 1.54) is 11.1 Å². The number of aromatic nitrogens is 3. The molecule has 0 aliphatic heterocycles. The minimum absolute atomic E-state index is 0.0670. The smallest absolute Gasteiger partial charge is 0.147 e. The molecule has 0 aliphatic rings. The highest BCUT2D eigenvalue weighted by molar-refractivity contribution is 5.29. The minimum Gasteiger partial charge on any atom is -0.328 e. The van der Waals surface area contributed by atoms with Gasteiger partial charge >= 0.3 is 0 Å². The van der Waals surface area contributed by atoms with Crippen molar-refractivity contribution in [1.82, 2.24) is 14.8 Å². The molecule has 0 saturated heterocycles. The summed E-state index contributed by atoms with van der Waals surface area (Å²) in [7, 11) is 0. The number of nitrogens with zero attached hydrogens (tertiary/aromatic N) is 3.